The van der Waals surface area contributed by atoms with Gasteiger partial charge in [-0.3, -0.25) is 0 Å². The van der Waals surface area contributed by atoms with Crippen LogP contribution in [0.2, 0.25) is 0 Å². The lowest BCUT2D eigenvalue weighted by Gasteiger charge is -2.48. The maximum Gasteiger partial charge on any atom is 0.283 e. The molecule has 0 spiro atoms. The molecule has 1 aliphatic rings. The number of nitrogens with zero attached hydrogens (tertiary/aromatic N) is 2. The van der Waals surface area contributed by atoms with Gasteiger partial charge in [-0.1, -0.05) is 121 Å². The summed E-state index contributed by atoms with van der Waals surface area (Å²) >= 11 is 0. The van der Waals surface area contributed by atoms with Crippen LogP contribution in [0.3, 0.4) is 0 Å². The summed E-state index contributed by atoms with van der Waals surface area (Å²) < 4.78 is 31.9. The molecule has 5 rings (SSSR count). The summed E-state index contributed by atoms with van der Waals surface area (Å²) in [4.78, 5) is 0. The molecule has 1 N–H and O–H groups in total. The topological polar surface area (TPSA) is 60.9 Å². The minimum absolute atomic E-state index is 0.203. The molecule has 5 nitrogen and oxygen atoms in total. The highest BCUT2D eigenvalue weighted by Crippen LogP contribution is 2.34. The maximum absolute atomic E-state index is 14.4. The summed E-state index contributed by atoms with van der Waals surface area (Å²) in [7, 11) is -3.91. The van der Waals surface area contributed by atoms with Crippen molar-refractivity contribution in [2.24, 2.45) is 0 Å². The molecule has 1 fully saturated rings. The van der Waals surface area contributed by atoms with Crippen molar-refractivity contribution in [2.45, 2.75) is 50.5 Å². The standard InChI is InChI=1S/C32H34N2O3S/c35-32-30(22-21-26-13-5-1-6-14-26)33(24-28-17-9-3-10-18-28)38(36,37)34(25-29-19-11-4-12-20-29)31(32)23-27-15-7-2-8-16-27/h1-20,30-32,35H,21-25H2/t30-,31-,32-/m1/s1. The fraction of sp³-hybridized carbons (Fsp3) is 0.250. The molecule has 4 aromatic carbocycles. The molecule has 3 atom stereocenters. The zero-order valence-corrected chi connectivity index (χ0v) is 22.2. The van der Waals surface area contributed by atoms with Crippen LogP contribution in [-0.4, -0.2) is 40.3 Å². The van der Waals surface area contributed by atoms with Crippen molar-refractivity contribution in [3.05, 3.63) is 144 Å². The third-order valence-electron chi connectivity index (χ3n) is 7.34. The van der Waals surface area contributed by atoms with E-state index in [1.807, 2.05) is 109 Å². The largest absolute Gasteiger partial charge is 0.390 e. The zero-order chi connectivity index (χ0) is 26.4. The van der Waals surface area contributed by atoms with Gasteiger partial charge in [-0.15, -0.1) is 0 Å². The van der Waals surface area contributed by atoms with Gasteiger partial charge in [0.05, 0.1) is 18.2 Å². The Bertz CT molecular complexity index is 1380. The SMILES string of the molecule is O=S1(=O)N(Cc2ccccc2)[C@H](CCc2ccccc2)[C@@H](O)[C@@H](Cc2ccccc2)N1Cc1ccccc1. The lowest BCUT2D eigenvalue weighted by molar-refractivity contribution is -0.00280. The van der Waals surface area contributed by atoms with Crippen molar-refractivity contribution in [3.63, 3.8) is 0 Å². The normalized spacial score (nSPS) is 21.8. The molecule has 0 aliphatic carbocycles. The Kier molecular flexibility index (Phi) is 8.35. The molecular weight excluding hydrogens is 492 g/mol. The molecule has 196 valence electrons. The predicted molar refractivity (Wildman–Crippen MR) is 151 cm³/mol. The molecule has 0 amide bonds. The number of benzene rings is 4. The molecule has 0 aromatic heterocycles. The van der Waals surface area contributed by atoms with E-state index in [0.29, 0.717) is 19.3 Å². The number of rotatable bonds is 9. The third kappa shape index (κ3) is 6.05. The average Bonchev–Trinajstić information content (AvgIpc) is 2.95. The smallest absolute Gasteiger partial charge is 0.283 e. The van der Waals surface area contributed by atoms with Gasteiger partial charge < -0.3 is 5.11 Å². The number of hydrogen-bond donors (Lipinski definition) is 1. The van der Waals surface area contributed by atoms with Gasteiger partial charge in [-0.05, 0) is 41.5 Å². The lowest BCUT2D eigenvalue weighted by atomic mass is 9.92. The Morgan fingerprint density at radius 1 is 0.553 bits per heavy atom. The predicted octanol–water partition coefficient (Wildman–Crippen LogP) is 5.22. The van der Waals surface area contributed by atoms with Crippen LogP contribution in [0.1, 0.15) is 28.7 Å². The molecular formula is C32H34N2O3S. The van der Waals surface area contributed by atoms with Crippen molar-refractivity contribution in [1.29, 1.82) is 0 Å². The van der Waals surface area contributed by atoms with E-state index in [4.69, 9.17) is 0 Å². The molecule has 38 heavy (non-hydrogen) atoms. The fourth-order valence-corrected chi connectivity index (χ4v) is 7.36. The van der Waals surface area contributed by atoms with Crippen LogP contribution in [0, 0.1) is 0 Å². The van der Waals surface area contributed by atoms with E-state index in [1.54, 1.807) is 0 Å². The van der Waals surface area contributed by atoms with Crippen LogP contribution in [0.15, 0.2) is 121 Å². The Morgan fingerprint density at radius 3 is 1.42 bits per heavy atom. The summed E-state index contributed by atoms with van der Waals surface area (Å²) in [6, 6.07) is 38.0. The third-order valence-corrected chi connectivity index (χ3v) is 9.33. The van der Waals surface area contributed by atoms with Crippen molar-refractivity contribution >= 4 is 10.2 Å². The van der Waals surface area contributed by atoms with E-state index >= 15 is 0 Å². The monoisotopic (exact) mass is 526 g/mol. The zero-order valence-electron chi connectivity index (χ0n) is 21.4. The minimum atomic E-state index is -3.91. The molecule has 1 aliphatic heterocycles. The molecule has 6 heteroatoms. The maximum atomic E-state index is 14.4. The average molecular weight is 527 g/mol. The highest BCUT2D eigenvalue weighted by atomic mass is 32.2. The quantitative estimate of drug-likeness (QED) is 0.325. The lowest BCUT2D eigenvalue weighted by Crippen LogP contribution is -2.66. The van der Waals surface area contributed by atoms with E-state index in [0.717, 1.165) is 22.3 Å². The molecule has 0 bridgehead atoms. The summed E-state index contributed by atoms with van der Waals surface area (Å²) in [5.41, 5.74) is 3.92. The Hall–Kier alpha value is -3.29. The van der Waals surface area contributed by atoms with Gasteiger partial charge in [0, 0.05) is 13.1 Å². The second kappa shape index (κ2) is 12.0. The van der Waals surface area contributed by atoms with Crippen LogP contribution < -0.4 is 0 Å². The van der Waals surface area contributed by atoms with Gasteiger partial charge in [0.25, 0.3) is 10.2 Å². The first-order valence-electron chi connectivity index (χ1n) is 13.1. The fourth-order valence-electron chi connectivity index (χ4n) is 5.35. The Morgan fingerprint density at radius 2 is 0.947 bits per heavy atom. The van der Waals surface area contributed by atoms with Crippen molar-refractivity contribution in [2.75, 3.05) is 0 Å². The van der Waals surface area contributed by atoms with Gasteiger partial charge in [0.15, 0.2) is 0 Å². The van der Waals surface area contributed by atoms with Crippen molar-refractivity contribution in [1.82, 2.24) is 8.61 Å². The molecule has 1 saturated heterocycles. The molecule has 0 saturated carbocycles. The summed E-state index contributed by atoms with van der Waals surface area (Å²) in [5, 5.41) is 11.9. The van der Waals surface area contributed by atoms with Gasteiger partial charge in [0.1, 0.15) is 0 Å². The summed E-state index contributed by atoms with van der Waals surface area (Å²) in [5.74, 6) is 0. The van der Waals surface area contributed by atoms with Crippen LogP contribution in [0.4, 0.5) is 0 Å². The Balaban J connectivity index is 1.54. The van der Waals surface area contributed by atoms with Crippen LogP contribution in [-0.2, 0) is 36.1 Å². The van der Waals surface area contributed by atoms with Crippen LogP contribution in [0.25, 0.3) is 0 Å². The summed E-state index contributed by atoms with van der Waals surface area (Å²) in [6.45, 7) is 0.414. The number of aliphatic hydroxyl groups is 1. The van der Waals surface area contributed by atoms with Gasteiger partial charge in [0.2, 0.25) is 0 Å². The Labute approximate surface area is 226 Å². The molecule has 4 aromatic rings. The van der Waals surface area contributed by atoms with Crippen molar-refractivity contribution in [3.8, 4) is 0 Å². The first-order chi connectivity index (χ1) is 18.5. The van der Waals surface area contributed by atoms with E-state index in [9.17, 15) is 13.5 Å². The number of hydrogen-bond acceptors (Lipinski definition) is 3. The number of aryl methyl sites for hydroxylation is 1. The van der Waals surface area contributed by atoms with E-state index < -0.39 is 28.4 Å². The van der Waals surface area contributed by atoms with E-state index in [-0.39, 0.29) is 13.1 Å². The van der Waals surface area contributed by atoms with Crippen LogP contribution >= 0.6 is 0 Å². The van der Waals surface area contributed by atoms with E-state index in [2.05, 4.69) is 12.1 Å². The van der Waals surface area contributed by atoms with Gasteiger partial charge in [-0.2, -0.15) is 17.0 Å². The van der Waals surface area contributed by atoms with Crippen LogP contribution in [0.5, 0.6) is 0 Å². The van der Waals surface area contributed by atoms with Gasteiger partial charge >= 0.3 is 0 Å². The first kappa shape index (κ1) is 26.3. The molecule has 0 radical (unpaired) electrons. The molecule has 1 heterocycles. The second-order valence-corrected chi connectivity index (χ2v) is 11.7. The number of aliphatic hydroxyl groups excluding tert-OH is 1. The van der Waals surface area contributed by atoms with Gasteiger partial charge in [-0.25, -0.2) is 0 Å². The van der Waals surface area contributed by atoms with Crippen molar-refractivity contribution < 1.29 is 13.5 Å². The minimum Gasteiger partial charge on any atom is -0.390 e. The van der Waals surface area contributed by atoms with E-state index in [1.165, 1.54) is 8.61 Å². The summed E-state index contributed by atoms with van der Waals surface area (Å²) in [6.07, 6.45) is 0.784. The first-order valence-corrected chi connectivity index (χ1v) is 14.5. The molecule has 0 unspecified atom stereocenters. The second-order valence-electron chi connectivity index (χ2n) is 9.91. The highest BCUT2D eigenvalue weighted by molar-refractivity contribution is 7.86. The highest BCUT2D eigenvalue weighted by Gasteiger charge is 2.50.